The van der Waals surface area contributed by atoms with Gasteiger partial charge < -0.3 is 4.90 Å². The van der Waals surface area contributed by atoms with E-state index in [-0.39, 0.29) is 18.9 Å². The first-order valence-corrected chi connectivity index (χ1v) is 5.77. The Morgan fingerprint density at radius 3 is 2.31 bits per heavy atom. The van der Waals surface area contributed by atoms with Gasteiger partial charge in [0.2, 0.25) is 5.91 Å². The molecule has 0 aromatic rings. The number of halogens is 3. The third kappa shape index (κ3) is 4.41. The molecule has 0 radical (unpaired) electrons. The van der Waals surface area contributed by atoms with Crippen molar-refractivity contribution in [2.75, 3.05) is 13.1 Å². The van der Waals surface area contributed by atoms with Crippen LogP contribution in [0.4, 0.5) is 13.2 Å². The molecule has 0 saturated heterocycles. The minimum atomic E-state index is -4.29. The van der Waals surface area contributed by atoms with Gasteiger partial charge >= 0.3 is 6.18 Å². The number of carbonyl (C=O) groups is 1. The number of rotatable bonds is 4. The van der Waals surface area contributed by atoms with E-state index in [4.69, 9.17) is 0 Å². The van der Waals surface area contributed by atoms with Crippen LogP contribution in [0, 0.1) is 5.92 Å². The SMILES string of the molecule is CCN(CC(F)(F)F)C(=O)CC1CCCC1. The van der Waals surface area contributed by atoms with E-state index in [2.05, 4.69) is 0 Å². The van der Waals surface area contributed by atoms with E-state index in [1.807, 2.05) is 0 Å². The van der Waals surface area contributed by atoms with Crippen molar-refractivity contribution in [3.8, 4) is 0 Å². The molecule has 0 aromatic carbocycles. The van der Waals surface area contributed by atoms with Gasteiger partial charge in [0, 0.05) is 13.0 Å². The van der Waals surface area contributed by atoms with Crippen LogP contribution >= 0.6 is 0 Å². The molecule has 1 aliphatic carbocycles. The fourth-order valence-electron chi connectivity index (χ4n) is 2.18. The van der Waals surface area contributed by atoms with E-state index in [1.165, 1.54) is 0 Å². The number of alkyl halides is 3. The van der Waals surface area contributed by atoms with Crippen LogP contribution < -0.4 is 0 Å². The van der Waals surface area contributed by atoms with E-state index in [1.54, 1.807) is 6.92 Å². The van der Waals surface area contributed by atoms with Crippen LogP contribution in [0.25, 0.3) is 0 Å². The monoisotopic (exact) mass is 237 g/mol. The largest absolute Gasteiger partial charge is 0.406 e. The summed E-state index contributed by atoms with van der Waals surface area (Å²) in [6.07, 6.45) is 0.155. The van der Waals surface area contributed by atoms with Crippen molar-refractivity contribution in [2.24, 2.45) is 5.92 Å². The molecule has 0 aromatic heterocycles. The van der Waals surface area contributed by atoms with Gasteiger partial charge in [0.15, 0.2) is 0 Å². The normalized spacial score (nSPS) is 17.8. The summed E-state index contributed by atoms with van der Waals surface area (Å²) in [6, 6.07) is 0. The summed E-state index contributed by atoms with van der Waals surface area (Å²) in [6.45, 7) is 0.596. The molecule has 1 saturated carbocycles. The summed E-state index contributed by atoms with van der Waals surface area (Å²) >= 11 is 0. The van der Waals surface area contributed by atoms with Gasteiger partial charge in [-0.25, -0.2) is 0 Å². The first-order valence-electron chi connectivity index (χ1n) is 5.77. The fourth-order valence-corrected chi connectivity index (χ4v) is 2.18. The molecule has 1 amide bonds. The molecule has 1 aliphatic rings. The minimum Gasteiger partial charge on any atom is -0.334 e. The van der Waals surface area contributed by atoms with Crippen LogP contribution in [-0.4, -0.2) is 30.1 Å². The molecule has 94 valence electrons. The molecule has 1 rings (SSSR count). The second kappa shape index (κ2) is 5.55. The number of hydrogen-bond acceptors (Lipinski definition) is 1. The number of carbonyl (C=O) groups excluding carboxylic acids is 1. The van der Waals surface area contributed by atoms with Crippen LogP contribution in [0.2, 0.25) is 0 Å². The summed E-state index contributed by atoms with van der Waals surface area (Å²) in [5.74, 6) is -0.0542. The molecular formula is C11H18F3NO. The van der Waals surface area contributed by atoms with Gasteiger partial charge in [-0.3, -0.25) is 4.79 Å². The Hall–Kier alpha value is -0.740. The molecule has 0 spiro atoms. The van der Waals surface area contributed by atoms with Crippen LogP contribution in [0.1, 0.15) is 39.0 Å². The van der Waals surface area contributed by atoms with Crippen molar-refractivity contribution < 1.29 is 18.0 Å². The lowest BCUT2D eigenvalue weighted by Crippen LogP contribution is -2.39. The lowest BCUT2D eigenvalue weighted by molar-refractivity contribution is -0.161. The second-order valence-corrected chi connectivity index (χ2v) is 4.38. The zero-order valence-corrected chi connectivity index (χ0v) is 9.52. The number of hydrogen-bond donors (Lipinski definition) is 0. The van der Waals surface area contributed by atoms with Crippen molar-refractivity contribution in [3.63, 3.8) is 0 Å². The summed E-state index contributed by atoms with van der Waals surface area (Å²) in [5, 5.41) is 0. The van der Waals surface area contributed by atoms with Crippen molar-refractivity contribution in [1.29, 1.82) is 0 Å². The van der Waals surface area contributed by atoms with Gasteiger partial charge in [-0.1, -0.05) is 12.8 Å². The Balaban J connectivity index is 2.42. The highest BCUT2D eigenvalue weighted by atomic mass is 19.4. The van der Waals surface area contributed by atoms with E-state index in [0.717, 1.165) is 30.6 Å². The highest BCUT2D eigenvalue weighted by molar-refractivity contribution is 5.76. The smallest absolute Gasteiger partial charge is 0.334 e. The van der Waals surface area contributed by atoms with Gasteiger partial charge in [0.25, 0.3) is 0 Å². The number of nitrogens with zero attached hydrogens (tertiary/aromatic N) is 1. The Labute approximate surface area is 93.8 Å². The fraction of sp³-hybridized carbons (Fsp3) is 0.909. The Kier molecular flexibility index (Phi) is 4.62. The topological polar surface area (TPSA) is 20.3 Å². The standard InChI is InChI=1S/C11H18F3NO/c1-2-15(8-11(12,13)14)10(16)7-9-5-3-4-6-9/h9H,2-8H2,1H3. The average Bonchev–Trinajstić information content (AvgIpc) is 2.65. The second-order valence-electron chi connectivity index (χ2n) is 4.38. The van der Waals surface area contributed by atoms with Crippen molar-refractivity contribution in [2.45, 2.75) is 45.2 Å². The van der Waals surface area contributed by atoms with Gasteiger partial charge in [0.05, 0.1) is 0 Å². The summed E-state index contributed by atoms with van der Waals surface area (Å²) in [5.41, 5.74) is 0. The predicted octanol–water partition coefficient (Wildman–Crippen LogP) is 2.98. The van der Waals surface area contributed by atoms with Gasteiger partial charge in [-0.05, 0) is 25.7 Å². The van der Waals surface area contributed by atoms with Gasteiger partial charge in [0.1, 0.15) is 6.54 Å². The maximum atomic E-state index is 12.2. The van der Waals surface area contributed by atoms with Crippen molar-refractivity contribution >= 4 is 5.91 Å². The Morgan fingerprint density at radius 1 is 1.31 bits per heavy atom. The van der Waals surface area contributed by atoms with Crippen LogP contribution in [0.15, 0.2) is 0 Å². The van der Waals surface area contributed by atoms with Crippen LogP contribution in [0.3, 0.4) is 0 Å². The van der Waals surface area contributed by atoms with E-state index >= 15 is 0 Å². The van der Waals surface area contributed by atoms with E-state index in [9.17, 15) is 18.0 Å². The lowest BCUT2D eigenvalue weighted by atomic mass is 10.0. The zero-order chi connectivity index (χ0) is 12.2. The van der Waals surface area contributed by atoms with Gasteiger partial charge in [-0.2, -0.15) is 13.2 Å². The molecule has 0 N–H and O–H groups in total. The summed E-state index contributed by atoms with van der Waals surface area (Å²) < 4.78 is 36.5. The molecule has 16 heavy (non-hydrogen) atoms. The lowest BCUT2D eigenvalue weighted by Gasteiger charge is -2.23. The van der Waals surface area contributed by atoms with Gasteiger partial charge in [-0.15, -0.1) is 0 Å². The molecule has 0 unspecified atom stereocenters. The quantitative estimate of drug-likeness (QED) is 0.736. The van der Waals surface area contributed by atoms with E-state index in [0.29, 0.717) is 5.92 Å². The molecule has 2 nitrogen and oxygen atoms in total. The molecule has 0 aliphatic heterocycles. The molecule has 0 heterocycles. The van der Waals surface area contributed by atoms with Crippen LogP contribution in [-0.2, 0) is 4.79 Å². The number of amides is 1. The van der Waals surface area contributed by atoms with Crippen molar-refractivity contribution in [3.05, 3.63) is 0 Å². The predicted molar refractivity (Wildman–Crippen MR) is 54.9 cm³/mol. The molecular weight excluding hydrogens is 219 g/mol. The Morgan fingerprint density at radius 2 is 1.88 bits per heavy atom. The molecule has 0 bridgehead atoms. The molecule has 0 atom stereocenters. The average molecular weight is 237 g/mol. The summed E-state index contributed by atoms with van der Waals surface area (Å²) in [7, 11) is 0. The maximum Gasteiger partial charge on any atom is 0.406 e. The maximum absolute atomic E-state index is 12.2. The third-order valence-electron chi connectivity index (χ3n) is 3.04. The first-order chi connectivity index (χ1) is 7.42. The highest BCUT2D eigenvalue weighted by Gasteiger charge is 2.33. The van der Waals surface area contributed by atoms with Crippen LogP contribution in [0.5, 0.6) is 0 Å². The molecule has 1 fully saturated rings. The van der Waals surface area contributed by atoms with E-state index < -0.39 is 12.7 Å². The Bertz CT molecular complexity index is 234. The zero-order valence-electron chi connectivity index (χ0n) is 9.52. The third-order valence-corrected chi connectivity index (χ3v) is 3.04. The summed E-state index contributed by atoms with van der Waals surface area (Å²) in [4.78, 5) is 12.5. The highest BCUT2D eigenvalue weighted by Crippen LogP contribution is 2.28. The minimum absolute atomic E-state index is 0.130. The first kappa shape index (κ1) is 13.3. The molecule has 5 heteroatoms. The van der Waals surface area contributed by atoms with Crippen molar-refractivity contribution in [1.82, 2.24) is 4.90 Å².